The molecule has 1 aromatic carbocycles. The molecule has 0 atom stereocenters. The molecule has 0 amide bonds. The van der Waals surface area contributed by atoms with Gasteiger partial charge in [-0.1, -0.05) is 12.1 Å². The number of rotatable bonds is 4. The minimum atomic E-state index is -0.102. The van der Waals surface area contributed by atoms with Crippen molar-refractivity contribution in [1.29, 1.82) is 0 Å². The summed E-state index contributed by atoms with van der Waals surface area (Å²) in [6.07, 6.45) is 1.95. The van der Waals surface area contributed by atoms with E-state index in [1.807, 2.05) is 12.1 Å². The first-order chi connectivity index (χ1) is 7.29. The van der Waals surface area contributed by atoms with Gasteiger partial charge in [0.05, 0.1) is 12.5 Å². The van der Waals surface area contributed by atoms with Gasteiger partial charge in [0.15, 0.2) is 0 Å². The molecular formula is C12H14O3. The maximum absolute atomic E-state index is 11.3. The fourth-order valence-corrected chi connectivity index (χ4v) is 1.34. The summed E-state index contributed by atoms with van der Waals surface area (Å²) in [5.74, 6) is 0.657. The van der Waals surface area contributed by atoms with Crippen LogP contribution in [0.15, 0.2) is 24.3 Å². The molecule has 0 spiro atoms. The number of methoxy groups -OCH3 is 1. The number of ether oxygens (including phenoxy) is 2. The van der Waals surface area contributed by atoms with Crippen molar-refractivity contribution < 1.29 is 14.3 Å². The van der Waals surface area contributed by atoms with Crippen LogP contribution in [0.4, 0.5) is 0 Å². The molecule has 1 aliphatic rings. The molecule has 0 aliphatic heterocycles. The highest BCUT2D eigenvalue weighted by molar-refractivity contribution is 5.77. The first kappa shape index (κ1) is 10.2. The topological polar surface area (TPSA) is 35.5 Å². The summed E-state index contributed by atoms with van der Waals surface area (Å²) < 4.78 is 10.2. The van der Waals surface area contributed by atoms with Gasteiger partial charge in [-0.2, -0.15) is 0 Å². The molecule has 0 aromatic heterocycles. The number of esters is 1. The zero-order valence-corrected chi connectivity index (χ0v) is 8.73. The van der Waals surface area contributed by atoms with E-state index in [-0.39, 0.29) is 11.9 Å². The highest BCUT2D eigenvalue weighted by Crippen LogP contribution is 2.30. The molecule has 0 heterocycles. The van der Waals surface area contributed by atoms with Crippen molar-refractivity contribution in [3.05, 3.63) is 29.8 Å². The standard InChI is InChI=1S/C12H14O3/c1-14-8-9-2-6-11(7-3-9)15-12(13)10-4-5-10/h2-3,6-7,10H,4-5,8H2,1H3. The van der Waals surface area contributed by atoms with E-state index in [2.05, 4.69) is 0 Å². The smallest absolute Gasteiger partial charge is 0.314 e. The predicted octanol–water partition coefficient (Wildman–Crippen LogP) is 2.15. The molecule has 2 rings (SSSR count). The third-order valence-electron chi connectivity index (χ3n) is 2.36. The highest BCUT2D eigenvalue weighted by atomic mass is 16.5. The molecule has 80 valence electrons. The summed E-state index contributed by atoms with van der Waals surface area (Å²) >= 11 is 0. The van der Waals surface area contributed by atoms with Gasteiger partial charge in [-0.3, -0.25) is 4.79 Å². The third-order valence-corrected chi connectivity index (χ3v) is 2.36. The summed E-state index contributed by atoms with van der Waals surface area (Å²) in [6, 6.07) is 7.40. The Morgan fingerprint density at radius 3 is 2.53 bits per heavy atom. The minimum Gasteiger partial charge on any atom is -0.426 e. The van der Waals surface area contributed by atoms with E-state index in [1.165, 1.54) is 0 Å². The first-order valence-corrected chi connectivity index (χ1v) is 5.09. The number of hydrogen-bond donors (Lipinski definition) is 0. The average molecular weight is 206 g/mol. The van der Waals surface area contributed by atoms with Crippen LogP contribution < -0.4 is 4.74 Å². The fraction of sp³-hybridized carbons (Fsp3) is 0.417. The van der Waals surface area contributed by atoms with E-state index in [9.17, 15) is 4.79 Å². The SMILES string of the molecule is COCc1ccc(OC(=O)C2CC2)cc1. The number of hydrogen-bond acceptors (Lipinski definition) is 3. The lowest BCUT2D eigenvalue weighted by molar-refractivity contribution is -0.135. The lowest BCUT2D eigenvalue weighted by Gasteiger charge is -2.04. The van der Waals surface area contributed by atoms with Gasteiger partial charge in [0.25, 0.3) is 0 Å². The van der Waals surface area contributed by atoms with Gasteiger partial charge in [-0.05, 0) is 30.5 Å². The van der Waals surface area contributed by atoms with Gasteiger partial charge in [0.2, 0.25) is 0 Å². The van der Waals surface area contributed by atoms with Crippen LogP contribution in [-0.4, -0.2) is 13.1 Å². The van der Waals surface area contributed by atoms with Gasteiger partial charge in [0.1, 0.15) is 5.75 Å². The van der Waals surface area contributed by atoms with Gasteiger partial charge >= 0.3 is 5.97 Å². The molecule has 0 N–H and O–H groups in total. The second-order valence-corrected chi connectivity index (χ2v) is 3.77. The Morgan fingerprint density at radius 1 is 1.33 bits per heavy atom. The van der Waals surface area contributed by atoms with Crippen molar-refractivity contribution in [3.8, 4) is 5.75 Å². The second kappa shape index (κ2) is 4.45. The molecular weight excluding hydrogens is 192 g/mol. The van der Waals surface area contributed by atoms with Crippen molar-refractivity contribution >= 4 is 5.97 Å². The molecule has 1 fully saturated rings. The highest BCUT2D eigenvalue weighted by Gasteiger charge is 2.31. The molecule has 0 unspecified atom stereocenters. The van der Waals surface area contributed by atoms with Crippen molar-refractivity contribution in [2.75, 3.05) is 7.11 Å². The molecule has 0 bridgehead atoms. The van der Waals surface area contributed by atoms with Crippen molar-refractivity contribution in [3.63, 3.8) is 0 Å². The summed E-state index contributed by atoms with van der Waals surface area (Å²) in [4.78, 5) is 11.3. The van der Waals surface area contributed by atoms with Crippen LogP contribution in [0.1, 0.15) is 18.4 Å². The van der Waals surface area contributed by atoms with Gasteiger partial charge < -0.3 is 9.47 Å². The third kappa shape index (κ3) is 2.80. The summed E-state index contributed by atoms with van der Waals surface area (Å²) in [7, 11) is 1.65. The quantitative estimate of drug-likeness (QED) is 0.559. The van der Waals surface area contributed by atoms with E-state index in [1.54, 1.807) is 19.2 Å². The molecule has 1 aliphatic carbocycles. The average Bonchev–Trinajstić information content (AvgIpc) is 3.04. The van der Waals surface area contributed by atoms with Crippen LogP contribution in [0.5, 0.6) is 5.75 Å². The van der Waals surface area contributed by atoms with Gasteiger partial charge in [-0.25, -0.2) is 0 Å². The summed E-state index contributed by atoms with van der Waals surface area (Å²) in [6.45, 7) is 0.580. The molecule has 1 saturated carbocycles. The molecule has 1 aromatic rings. The summed E-state index contributed by atoms with van der Waals surface area (Å²) in [5.41, 5.74) is 1.07. The number of carbonyl (C=O) groups excluding carboxylic acids is 1. The number of carbonyl (C=O) groups is 1. The van der Waals surface area contributed by atoms with Crippen LogP contribution in [0, 0.1) is 5.92 Å². The zero-order valence-electron chi connectivity index (χ0n) is 8.73. The monoisotopic (exact) mass is 206 g/mol. The van der Waals surface area contributed by atoms with Crippen LogP contribution in [0.25, 0.3) is 0 Å². The maximum Gasteiger partial charge on any atom is 0.314 e. The van der Waals surface area contributed by atoms with Crippen molar-refractivity contribution in [1.82, 2.24) is 0 Å². The van der Waals surface area contributed by atoms with E-state index in [0.717, 1.165) is 18.4 Å². The van der Waals surface area contributed by atoms with Crippen molar-refractivity contribution in [2.45, 2.75) is 19.4 Å². The van der Waals surface area contributed by atoms with Crippen LogP contribution in [-0.2, 0) is 16.1 Å². The van der Waals surface area contributed by atoms with E-state index >= 15 is 0 Å². The molecule has 3 heteroatoms. The fourth-order valence-electron chi connectivity index (χ4n) is 1.34. The van der Waals surface area contributed by atoms with Crippen LogP contribution in [0.2, 0.25) is 0 Å². The molecule has 15 heavy (non-hydrogen) atoms. The maximum atomic E-state index is 11.3. The largest absolute Gasteiger partial charge is 0.426 e. The Bertz CT molecular complexity index is 338. The summed E-state index contributed by atoms with van der Waals surface area (Å²) in [5, 5.41) is 0. The van der Waals surface area contributed by atoms with E-state index in [4.69, 9.17) is 9.47 Å². The van der Waals surface area contributed by atoms with Crippen LogP contribution in [0.3, 0.4) is 0 Å². The van der Waals surface area contributed by atoms with E-state index in [0.29, 0.717) is 12.4 Å². The minimum absolute atomic E-state index is 0.102. The Kier molecular flexibility index (Phi) is 3.02. The normalized spacial score (nSPS) is 15.0. The lowest BCUT2D eigenvalue weighted by atomic mass is 10.2. The van der Waals surface area contributed by atoms with Crippen molar-refractivity contribution in [2.24, 2.45) is 5.92 Å². The molecule has 0 radical (unpaired) electrons. The van der Waals surface area contributed by atoms with E-state index < -0.39 is 0 Å². The Balaban J connectivity index is 1.94. The molecule has 3 nitrogen and oxygen atoms in total. The second-order valence-electron chi connectivity index (χ2n) is 3.77. The van der Waals surface area contributed by atoms with Gasteiger partial charge in [-0.15, -0.1) is 0 Å². The zero-order chi connectivity index (χ0) is 10.7. The van der Waals surface area contributed by atoms with Crippen LogP contribution >= 0.6 is 0 Å². The predicted molar refractivity (Wildman–Crippen MR) is 55.5 cm³/mol. The first-order valence-electron chi connectivity index (χ1n) is 5.09. The number of benzene rings is 1. The Labute approximate surface area is 89.0 Å². The van der Waals surface area contributed by atoms with Gasteiger partial charge in [0, 0.05) is 7.11 Å². The Morgan fingerprint density at radius 2 is 2.00 bits per heavy atom. The Hall–Kier alpha value is -1.35. The molecule has 0 saturated heterocycles. The lowest BCUT2D eigenvalue weighted by Crippen LogP contribution is -2.09.